The van der Waals surface area contributed by atoms with E-state index in [4.69, 9.17) is 9.72 Å². The van der Waals surface area contributed by atoms with Crippen molar-refractivity contribution in [1.82, 2.24) is 4.98 Å². The average Bonchev–Trinajstić information content (AvgIpc) is 2.84. The van der Waals surface area contributed by atoms with Crippen molar-refractivity contribution in [2.45, 2.75) is 64.5 Å². The van der Waals surface area contributed by atoms with Gasteiger partial charge < -0.3 is 15.2 Å². The highest BCUT2D eigenvalue weighted by molar-refractivity contribution is 5.95. The van der Waals surface area contributed by atoms with E-state index in [1.807, 2.05) is 44.2 Å². The molecule has 0 aliphatic heterocycles. The third-order valence-electron chi connectivity index (χ3n) is 6.80. The number of nitrogens with zero attached hydrogens (tertiary/aromatic N) is 2. The number of carbonyl (C=O) groups is 1. The van der Waals surface area contributed by atoms with Gasteiger partial charge in [-0.25, -0.2) is 9.78 Å². The minimum absolute atomic E-state index is 0.250. The van der Waals surface area contributed by atoms with Crippen LogP contribution in [0.15, 0.2) is 42.5 Å². The van der Waals surface area contributed by atoms with Gasteiger partial charge >= 0.3 is 5.97 Å². The van der Waals surface area contributed by atoms with E-state index in [2.05, 4.69) is 18.2 Å². The first-order valence-electron chi connectivity index (χ1n) is 12.1. The van der Waals surface area contributed by atoms with E-state index < -0.39 is 12.0 Å². The Morgan fingerprint density at radius 2 is 1.97 bits per heavy atom. The molecule has 1 saturated carbocycles. The number of nitrogens with two attached hydrogens (primary N) is 1. The lowest BCUT2D eigenvalue weighted by atomic mass is 9.81. The van der Waals surface area contributed by atoms with Crippen LogP contribution < -0.4 is 5.32 Å². The molecule has 1 aromatic heterocycles. The Morgan fingerprint density at radius 3 is 2.65 bits per heavy atom. The number of nitriles is 1. The molecule has 6 heteroatoms. The topological polar surface area (TPSA) is 99.8 Å². The zero-order valence-electron chi connectivity index (χ0n) is 20.0. The lowest BCUT2D eigenvalue weighted by Gasteiger charge is -2.31. The van der Waals surface area contributed by atoms with E-state index in [0.717, 1.165) is 41.5 Å². The van der Waals surface area contributed by atoms with Gasteiger partial charge in [0.1, 0.15) is 11.6 Å². The molecule has 1 unspecified atom stereocenters. The lowest BCUT2D eigenvalue weighted by Crippen LogP contribution is -2.86. The molecule has 3 atom stereocenters. The molecule has 1 aliphatic carbocycles. The molecule has 0 spiro atoms. The number of ether oxygens (including phenoxy) is 1. The first-order chi connectivity index (χ1) is 16.4. The molecule has 1 heterocycles. The fourth-order valence-corrected chi connectivity index (χ4v) is 5.00. The van der Waals surface area contributed by atoms with Crippen molar-refractivity contribution >= 4 is 22.6 Å². The second-order valence-electron chi connectivity index (χ2n) is 9.18. The van der Waals surface area contributed by atoms with Gasteiger partial charge in [-0.3, -0.25) is 0 Å². The minimum Gasteiger partial charge on any atom is -0.477 e. The number of aliphatic carboxylic acids is 1. The van der Waals surface area contributed by atoms with Crippen molar-refractivity contribution in [3.8, 4) is 17.3 Å². The molecular formula is C28H32N3O3+. The quantitative estimate of drug-likeness (QED) is 0.529. The number of rotatable bonds is 7. The monoisotopic (exact) mass is 458 g/mol. The molecule has 3 aromatic rings. The molecule has 34 heavy (non-hydrogen) atoms. The maximum absolute atomic E-state index is 11.6. The Hall–Kier alpha value is -3.27. The number of hydrogen-bond acceptors (Lipinski definition) is 4. The summed E-state index contributed by atoms with van der Waals surface area (Å²) in [5, 5.41) is 22.0. The number of hydrogen-bond donors (Lipinski definition) is 2. The van der Waals surface area contributed by atoms with Crippen LogP contribution in [0.4, 0.5) is 5.69 Å². The summed E-state index contributed by atoms with van der Waals surface area (Å²) >= 11 is 0. The zero-order chi connectivity index (χ0) is 24.2. The summed E-state index contributed by atoms with van der Waals surface area (Å²) < 4.78 is 6.03. The molecule has 6 nitrogen and oxygen atoms in total. The molecule has 3 N–H and O–H groups in total. The van der Waals surface area contributed by atoms with E-state index in [1.165, 1.54) is 18.4 Å². The fraction of sp³-hybridized carbons (Fsp3) is 0.393. The largest absolute Gasteiger partial charge is 0.477 e. The fourth-order valence-electron chi connectivity index (χ4n) is 5.00. The van der Waals surface area contributed by atoms with Crippen molar-refractivity contribution in [2.75, 3.05) is 6.61 Å². The van der Waals surface area contributed by atoms with Gasteiger partial charge in [-0.1, -0.05) is 43.2 Å². The van der Waals surface area contributed by atoms with E-state index >= 15 is 0 Å². The summed E-state index contributed by atoms with van der Waals surface area (Å²) in [6, 6.07) is 15.8. The van der Waals surface area contributed by atoms with Crippen molar-refractivity contribution in [1.29, 1.82) is 5.26 Å². The Balaban J connectivity index is 1.79. The Morgan fingerprint density at radius 1 is 1.24 bits per heavy atom. The molecular weight excluding hydrogens is 426 g/mol. The average molecular weight is 459 g/mol. The molecule has 2 aromatic carbocycles. The number of quaternary nitrogens is 1. The van der Waals surface area contributed by atoms with Crippen LogP contribution in [0.1, 0.15) is 62.1 Å². The molecule has 0 bridgehead atoms. The summed E-state index contributed by atoms with van der Waals surface area (Å²) in [6.07, 6.45) is 4.87. The number of carboxylic acid groups (broad SMARTS) is 1. The van der Waals surface area contributed by atoms with Gasteiger partial charge in [0.05, 0.1) is 22.7 Å². The van der Waals surface area contributed by atoms with Gasteiger partial charge in [-0.15, -0.1) is 0 Å². The second kappa shape index (κ2) is 10.3. The van der Waals surface area contributed by atoms with Gasteiger partial charge in [0.2, 0.25) is 0 Å². The van der Waals surface area contributed by atoms with Crippen molar-refractivity contribution in [3.63, 3.8) is 0 Å². The van der Waals surface area contributed by atoms with E-state index in [9.17, 15) is 15.2 Å². The highest BCUT2D eigenvalue weighted by Crippen LogP contribution is 2.37. The number of aryl methyl sites for hydroxylation is 1. The van der Waals surface area contributed by atoms with Crippen LogP contribution in [0.3, 0.4) is 0 Å². The van der Waals surface area contributed by atoms with Crippen LogP contribution in [-0.4, -0.2) is 34.8 Å². The van der Waals surface area contributed by atoms with Crippen LogP contribution >= 0.6 is 0 Å². The summed E-state index contributed by atoms with van der Waals surface area (Å²) in [5.74, 6) is -0.547. The van der Waals surface area contributed by atoms with Crippen LogP contribution in [-0.2, 0) is 9.53 Å². The Kier molecular flexibility index (Phi) is 7.26. The molecule has 0 saturated heterocycles. The van der Waals surface area contributed by atoms with E-state index in [-0.39, 0.29) is 6.10 Å². The molecule has 4 rings (SSSR count). The summed E-state index contributed by atoms with van der Waals surface area (Å²) in [6.45, 7) is 6.39. The van der Waals surface area contributed by atoms with E-state index in [1.54, 1.807) is 12.2 Å². The summed E-state index contributed by atoms with van der Waals surface area (Å²) in [5.41, 5.74) is 5.54. The third kappa shape index (κ3) is 4.82. The maximum Gasteiger partial charge on any atom is 0.362 e. The predicted octanol–water partition coefficient (Wildman–Crippen LogP) is 4.81. The first kappa shape index (κ1) is 23.9. The minimum atomic E-state index is -0.928. The van der Waals surface area contributed by atoms with Crippen LogP contribution in [0.5, 0.6) is 0 Å². The normalized spacial score (nSPS) is 19.0. The first-order valence-corrected chi connectivity index (χ1v) is 12.1. The third-order valence-corrected chi connectivity index (χ3v) is 6.80. The van der Waals surface area contributed by atoms with Gasteiger partial charge in [0, 0.05) is 18.1 Å². The Labute approximate surface area is 200 Å². The highest BCUT2D eigenvalue weighted by atomic mass is 16.5. The van der Waals surface area contributed by atoms with Crippen LogP contribution in [0.25, 0.3) is 22.2 Å². The van der Waals surface area contributed by atoms with E-state index in [0.29, 0.717) is 22.9 Å². The number of aromatic nitrogens is 1. The molecule has 1 fully saturated rings. The number of pyridine rings is 1. The van der Waals surface area contributed by atoms with Crippen LogP contribution in [0.2, 0.25) is 0 Å². The lowest BCUT2D eigenvalue weighted by molar-refractivity contribution is -0.593. The summed E-state index contributed by atoms with van der Waals surface area (Å²) in [4.78, 5) is 16.4. The molecule has 1 aliphatic rings. The maximum atomic E-state index is 11.6. The van der Waals surface area contributed by atoms with Gasteiger partial charge in [-0.05, 0) is 56.9 Å². The van der Waals surface area contributed by atoms with Gasteiger partial charge in [0.25, 0.3) is 0 Å². The second-order valence-corrected chi connectivity index (χ2v) is 9.18. The van der Waals surface area contributed by atoms with Gasteiger partial charge in [0.15, 0.2) is 11.7 Å². The zero-order valence-corrected chi connectivity index (χ0v) is 20.0. The van der Waals surface area contributed by atoms with Crippen molar-refractivity contribution in [3.05, 3.63) is 59.2 Å². The number of carboxylic acids is 1. The summed E-state index contributed by atoms with van der Waals surface area (Å²) in [7, 11) is 0. The standard InChI is InChI=1S/C28H31N3O3/c1-4-34-25-8-6-5-7-21(25)19-10-12-20(13-11-19)26-23(16-29)27(30-18(3)28(32)33)22-14-9-17(2)15-24(22)31-26/h9-15,18,21,25H,4-8H2,1-3H3,(H,30,31)(H,32,33)/p+1/t18-,21+,25?/m1/s1. The smallest absolute Gasteiger partial charge is 0.362 e. The molecule has 0 amide bonds. The number of benzene rings is 2. The number of fused-ring (bicyclic) bond motifs is 1. The predicted molar refractivity (Wildman–Crippen MR) is 132 cm³/mol. The van der Waals surface area contributed by atoms with Crippen molar-refractivity contribution < 1.29 is 20.0 Å². The Bertz CT molecular complexity index is 1230. The SMILES string of the molecule is CCOC1CCCC[C@H]1c1ccc(-c2nc3cc(C)ccc3c([NH2+][C@H](C)C(=O)O)c2C#N)cc1. The molecule has 0 radical (unpaired) electrons. The van der Waals surface area contributed by atoms with Crippen LogP contribution in [0, 0.1) is 18.3 Å². The highest BCUT2D eigenvalue weighted by Gasteiger charge is 2.28. The van der Waals surface area contributed by atoms with Crippen molar-refractivity contribution in [2.24, 2.45) is 0 Å². The molecule has 176 valence electrons. The van der Waals surface area contributed by atoms with Gasteiger partial charge in [-0.2, -0.15) is 5.26 Å².